The standard InChI is InChI=1S/C25H36N6O/c1-2-12-29-15-17-30(18-16-29)13-10-28-25(32)22-8-9-27-24(19-22)31-14-11-26-23(20-31)21-6-4-3-5-7-21/h3-9,19,23,26H,2,10-18,20H2,1H3,(H,28,32). The number of nitrogens with zero attached hydrogens (tertiary/aromatic N) is 4. The van der Waals surface area contributed by atoms with Gasteiger partial charge in [0.1, 0.15) is 5.82 Å². The molecule has 7 heteroatoms. The lowest BCUT2D eigenvalue weighted by Crippen LogP contribution is -2.48. The molecule has 2 aliphatic rings. The maximum Gasteiger partial charge on any atom is 0.251 e. The van der Waals surface area contributed by atoms with Crippen molar-refractivity contribution in [1.29, 1.82) is 0 Å². The van der Waals surface area contributed by atoms with Gasteiger partial charge in [0.05, 0.1) is 0 Å². The maximum absolute atomic E-state index is 12.7. The molecule has 2 aliphatic heterocycles. The van der Waals surface area contributed by atoms with Crippen LogP contribution in [0.4, 0.5) is 5.82 Å². The Morgan fingerprint density at radius 2 is 1.81 bits per heavy atom. The van der Waals surface area contributed by atoms with Gasteiger partial charge in [-0.15, -0.1) is 0 Å². The summed E-state index contributed by atoms with van der Waals surface area (Å²) in [7, 11) is 0. The number of aromatic nitrogens is 1. The number of benzene rings is 1. The van der Waals surface area contributed by atoms with Crippen LogP contribution < -0.4 is 15.5 Å². The molecule has 2 N–H and O–H groups in total. The van der Waals surface area contributed by atoms with Crippen LogP contribution in [0.25, 0.3) is 0 Å². The third-order valence-electron chi connectivity index (χ3n) is 6.43. The molecule has 3 heterocycles. The lowest BCUT2D eigenvalue weighted by molar-refractivity contribution is 0.0936. The molecule has 32 heavy (non-hydrogen) atoms. The SMILES string of the molecule is CCCN1CCN(CCNC(=O)c2ccnc(N3CCNC(c4ccccc4)C3)c2)CC1. The Balaban J connectivity index is 1.27. The maximum atomic E-state index is 12.7. The summed E-state index contributed by atoms with van der Waals surface area (Å²) in [5.41, 5.74) is 1.96. The van der Waals surface area contributed by atoms with Gasteiger partial charge in [-0.3, -0.25) is 9.69 Å². The van der Waals surface area contributed by atoms with E-state index >= 15 is 0 Å². The number of carbonyl (C=O) groups is 1. The molecule has 2 fully saturated rings. The summed E-state index contributed by atoms with van der Waals surface area (Å²) in [4.78, 5) is 24.5. The normalized spacial score (nSPS) is 20.3. The van der Waals surface area contributed by atoms with Gasteiger partial charge in [0.2, 0.25) is 0 Å². The van der Waals surface area contributed by atoms with Crippen molar-refractivity contribution in [3.63, 3.8) is 0 Å². The Bertz CT molecular complexity index is 853. The average Bonchev–Trinajstić information content (AvgIpc) is 2.86. The highest BCUT2D eigenvalue weighted by Gasteiger charge is 2.22. The van der Waals surface area contributed by atoms with Crippen molar-refractivity contribution in [3.8, 4) is 0 Å². The predicted octanol–water partition coefficient (Wildman–Crippen LogP) is 1.99. The van der Waals surface area contributed by atoms with Crippen molar-refractivity contribution in [3.05, 3.63) is 59.8 Å². The molecule has 0 spiro atoms. The summed E-state index contributed by atoms with van der Waals surface area (Å²) in [6, 6.07) is 14.5. The van der Waals surface area contributed by atoms with E-state index in [0.717, 1.165) is 58.2 Å². The fourth-order valence-electron chi connectivity index (χ4n) is 4.58. The number of carbonyl (C=O) groups excluding carboxylic acids is 1. The Labute approximate surface area is 191 Å². The quantitative estimate of drug-likeness (QED) is 0.660. The molecule has 1 aromatic heterocycles. The largest absolute Gasteiger partial charge is 0.353 e. The first-order valence-electron chi connectivity index (χ1n) is 11.9. The van der Waals surface area contributed by atoms with Crippen LogP contribution in [0.1, 0.15) is 35.3 Å². The minimum absolute atomic E-state index is 0.0204. The number of anilines is 1. The van der Waals surface area contributed by atoms with Crippen molar-refractivity contribution >= 4 is 11.7 Å². The molecule has 172 valence electrons. The summed E-state index contributed by atoms with van der Waals surface area (Å²) in [6.45, 7) is 12.0. The Morgan fingerprint density at radius 1 is 1.06 bits per heavy atom. The molecule has 0 aliphatic carbocycles. The molecule has 2 saturated heterocycles. The Hall–Kier alpha value is -2.48. The third kappa shape index (κ3) is 6.06. The van der Waals surface area contributed by atoms with Gasteiger partial charge in [-0.25, -0.2) is 4.98 Å². The number of amides is 1. The van der Waals surface area contributed by atoms with E-state index in [0.29, 0.717) is 12.1 Å². The summed E-state index contributed by atoms with van der Waals surface area (Å²) >= 11 is 0. The predicted molar refractivity (Wildman–Crippen MR) is 129 cm³/mol. The Morgan fingerprint density at radius 3 is 2.56 bits per heavy atom. The minimum Gasteiger partial charge on any atom is -0.353 e. The fraction of sp³-hybridized carbons (Fsp3) is 0.520. The molecule has 4 rings (SSSR count). The van der Waals surface area contributed by atoms with E-state index in [4.69, 9.17) is 0 Å². The lowest BCUT2D eigenvalue weighted by atomic mass is 10.0. The molecule has 1 amide bonds. The van der Waals surface area contributed by atoms with E-state index in [1.54, 1.807) is 12.3 Å². The monoisotopic (exact) mass is 436 g/mol. The summed E-state index contributed by atoms with van der Waals surface area (Å²) < 4.78 is 0. The van der Waals surface area contributed by atoms with Crippen molar-refractivity contribution < 1.29 is 4.79 Å². The van der Waals surface area contributed by atoms with Crippen LogP contribution >= 0.6 is 0 Å². The van der Waals surface area contributed by atoms with Crippen LogP contribution in [-0.2, 0) is 0 Å². The number of nitrogens with one attached hydrogen (secondary N) is 2. The minimum atomic E-state index is -0.0204. The zero-order valence-electron chi connectivity index (χ0n) is 19.2. The molecule has 0 saturated carbocycles. The second-order valence-electron chi connectivity index (χ2n) is 8.71. The fourth-order valence-corrected chi connectivity index (χ4v) is 4.58. The summed E-state index contributed by atoms with van der Waals surface area (Å²) in [5, 5.41) is 6.68. The van der Waals surface area contributed by atoms with E-state index in [9.17, 15) is 4.79 Å². The van der Waals surface area contributed by atoms with Gasteiger partial charge in [0.25, 0.3) is 5.91 Å². The second kappa shape index (κ2) is 11.4. The van der Waals surface area contributed by atoms with Crippen LogP contribution in [0.5, 0.6) is 0 Å². The van der Waals surface area contributed by atoms with E-state index in [-0.39, 0.29) is 11.9 Å². The highest BCUT2D eigenvalue weighted by Crippen LogP contribution is 2.21. The molecule has 2 aromatic rings. The zero-order chi connectivity index (χ0) is 22.2. The number of piperazine rings is 2. The first-order chi connectivity index (χ1) is 15.7. The molecular weight excluding hydrogens is 400 g/mol. The summed E-state index contributed by atoms with van der Waals surface area (Å²) in [5.74, 6) is 0.847. The van der Waals surface area contributed by atoms with Crippen LogP contribution in [-0.4, -0.2) is 86.1 Å². The van der Waals surface area contributed by atoms with Gasteiger partial charge >= 0.3 is 0 Å². The number of rotatable bonds is 8. The van der Waals surface area contributed by atoms with Gasteiger partial charge in [-0.2, -0.15) is 0 Å². The van der Waals surface area contributed by atoms with Crippen molar-refractivity contribution in [2.24, 2.45) is 0 Å². The number of hydrogen-bond donors (Lipinski definition) is 2. The highest BCUT2D eigenvalue weighted by atomic mass is 16.1. The third-order valence-corrected chi connectivity index (χ3v) is 6.43. The van der Waals surface area contributed by atoms with Gasteiger partial charge in [0.15, 0.2) is 0 Å². The van der Waals surface area contributed by atoms with Crippen molar-refractivity contribution in [1.82, 2.24) is 25.4 Å². The average molecular weight is 437 g/mol. The van der Waals surface area contributed by atoms with Gasteiger partial charge in [-0.05, 0) is 30.7 Å². The lowest BCUT2D eigenvalue weighted by Gasteiger charge is -2.35. The molecule has 7 nitrogen and oxygen atoms in total. The molecular formula is C25H36N6O. The van der Waals surface area contributed by atoms with Gasteiger partial charge < -0.3 is 20.4 Å². The van der Waals surface area contributed by atoms with Crippen LogP contribution in [0.15, 0.2) is 48.7 Å². The van der Waals surface area contributed by atoms with Gasteiger partial charge in [-0.1, -0.05) is 37.3 Å². The van der Waals surface area contributed by atoms with Crippen molar-refractivity contribution in [2.45, 2.75) is 19.4 Å². The molecule has 0 bridgehead atoms. The second-order valence-corrected chi connectivity index (χ2v) is 8.71. The van der Waals surface area contributed by atoms with E-state index < -0.39 is 0 Å². The van der Waals surface area contributed by atoms with E-state index in [1.807, 2.05) is 12.1 Å². The first-order valence-corrected chi connectivity index (χ1v) is 11.9. The number of pyridine rings is 1. The highest BCUT2D eigenvalue weighted by molar-refractivity contribution is 5.94. The van der Waals surface area contributed by atoms with E-state index in [2.05, 4.69) is 61.5 Å². The van der Waals surface area contributed by atoms with Crippen LogP contribution in [0.3, 0.4) is 0 Å². The molecule has 0 radical (unpaired) electrons. The first kappa shape index (κ1) is 22.7. The topological polar surface area (TPSA) is 63.7 Å². The van der Waals surface area contributed by atoms with Crippen molar-refractivity contribution in [2.75, 3.05) is 70.3 Å². The summed E-state index contributed by atoms with van der Waals surface area (Å²) in [6.07, 6.45) is 2.96. The smallest absolute Gasteiger partial charge is 0.251 e. The number of hydrogen-bond acceptors (Lipinski definition) is 6. The molecule has 1 unspecified atom stereocenters. The van der Waals surface area contributed by atoms with E-state index in [1.165, 1.54) is 18.5 Å². The van der Waals surface area contributed by atoms with Gasteiger partial charge in [0, 0.05) is 76.7 Å². The van der Waals surface area contributed by atoms with Crippen LogP contribution in [0.2, 0.25) is 0 Å². The molecule has 1 atom stereocenters. The Kier molecular flexibility index (Phi) is 8.09. The zero-order valence-corrected chi connectivity index (χ0v) is 19.2. The molecule has 1 aromatic carbocycles. The van der Waals surface area contributed by atoms with Crippen LogP contribution in [0, 0.1) is 0 Å².